The first kappa shape index (κ1) is 13.7. The molecule has 0 aliphatic heterocycles. The molecule has 5 nitrogen and oxygen atoms in total. The van der Waals surface area contributed by atoms with Crippen molar-refractivity contribution in [1.29, 1.82) is 5.26 Å². The van der Waals surface area contributed by atoms with Gasteiger partial charge < -0.3 is 4.74 Å². The Labute approximate surface area is 113 Å². The van der Waals surface area contributed by atoms with E-state index in [0.29, 0.717) is 12.4 Å². The molecule has 0 spiro atoms. The largest absolute Gasteiger partial charge is 0.360 e. The summed E-state index contributed by atoms with van der Waals surface area (Å²) in [7, 11) is -1.05. The third kappa shape index (κ3) is 3.62. The molecule has 0 radical (unpaired) electrons. The second-order valence-corrected chi connectivity index (χ2v) is 11.3. The second kappa shape index (κ2) is 5.51. The van der Waals surface area contributed by atoms with Crippen LogP contribution in [0, 0.1) is 11.3 Å². The Morgan fingerprint density at radius 2 is 2.16 bits per heavy atom. The Hall–Kier alpha value is -1.71. The van der Waals surface area contributed by atoms with Gasteiger partial charge in [0.15, 0.2) is 0 Å². The zero-order valence-electron chi connectivity index (χ0n) is 11.6. The molecule has 0 unspecified atom stereocenters. The first-order valence-electron chi connectivity index (χ1n) is 6.30. The zero-order chi connectivity index (χ0) is 13.9. The van der Waals surface area contributed by atoms with Crippen LogP contribution in [0.15, 0.2) is 18.3 Å². The van der Waals surface area contributed by atoms with Gasteiger partial charge in [-0.15, -0.1) is 0 Å². The maximum Gasteiger partial charge on any atom is 0.141 e. The highest BCUT2D eigenvalue weighted by Crippen LogP contribution is 2.12. The molecule has 0 aliphatic rings. The molecule has 0 amide bonds. The molecule has 2 rings (SSSR count). The quantitative estimate of drug-likeness (QED) is 0.621. The molecule has 2 aromatic heterocycles. The van der Waals surface area contributed by atoms with Crippen LogP contribution < -0.4 is 0 Å². The standard InChI is InChI=1S/C13H18N4OSi/c1-19(2,3)7-6-18-10-17-13-5-4-11(8-14)16-12(13)9-15-17/h4-5,9H,6-7,10H2,1-3H3. The number of ether oxygens (including phenoxy) is 1. The van der Waals surface area contributed by atoms with Crippen molar-refractivity contribution in [2.45, 2.75) is 32.4 Å². The molecular formula is C13H18N4OSi. The van der Waals surface area contributed by atoms with Crippen molar-refractivity contribution in [1.82, 2.24) is 14.8 Å². The van der Waals surface area contributed by atoms with Gasteiger partial charge in [-0.2, -0.15) is 10.4 Å². The van der Waals surface area contributed by atoms with E-state index in [4.69, 9.17) is 10.00 Å². The number of nitriles is 1. The van der Waals surface area contributed by atoms with Crippen molar-refractivity contribution in [2.24, 2.45) is 0 Å². The lowest BCUT2D eigenvalue weighted by atomic mass is 10.3. The Morgan fingerprint density at radius 3 is 2.84 bits per heavy atom. The van der Waals surface area contributed by atoms with Crippen LogP contribution in [0.5, 0.6) is 0 Å². The van der Waals surface area contributed by atoms with E-state index in [1.54, 1.807) is 16.9 Å². The third-order valence-corrected chi connectivity index (χ3v) is 4.53. The molecule has 0 bridgehead atoms. The monoisotopic (exact) mass is 274 g/mol. The van der Waals surface area contributed by atoms with Gasteiger partial charge in [-0.25, -0.2) is 9.67 Å². The van der Waals surface area contributed by atoms with Gasteiger partial charge in [0.05, 0.1) is 11.7 Å². The zero-order valence-corrected chi connectivity index (χ0v) is 12.6. The number of pyridine rings is 1. The van der Waals surface area contributed by atoms with Gasteiger partial charge in [-0.05, 0) is 18.2 Å². The van der Waals surface area contributed by atoms with Crippen LogP contribution in [0.4, 0.5) is 0 Å². The van der Waals surface area contributed by atoms with Gasteiger partial charge in [0.25, 0.3) is 0 Å². The minimum absolute atomic E-state index is 0.409. The molecule has 0 atom stereocenters. The summed E-state index contributed by atoms with van der Waals surface area (Å²) in [6.45, 7) is 8.18. The van der Waals surface area contributed by atoms with Crippen molar-refractivity contribution < 1.29 is 4.74 Å². The topological polar surface area (TPSA) is 63.7 Å². The normalized spacial score (nSPS) is 11.7. The van der Waals surface area contributed by atoms with Gasteiger partial charge in [0.1, 0.15) is 24.0 Å². The summed E-state index contributed by atoms with van der Waals surface area (Å²) in [5.74, 6) is 0. The number of aromatic nitrogens is 3. The SMILES string of the molecule is C[Si](C)(C)CCOCn1ncc2nc(C#N)ccc21. The number of rotatable bonds is 5. The summed E-state index contributed by atoms with van der Waals surface area (Å²) >= 11 is 0. The van der Waals surface area contributed by atoms with E-state index in [-0.39, 0.29) is 0 Å². The van der Waals surface area contributed by atoms with E-state index in [1.807, 2.05) is 12.1 Å². The van der Waals surface area contributed by atoms with Crippen LogP contribution in [-0.4, -0.2) is 29.4 Å². The number of fused-ring (bicyclic) bond motifs is 1. The van der Waals surface area contributed by atoms with E-state index in [9.17, 15) is 0 Å². The summed E-state index contributed by atoms with van der Waals surface area (Å²) in [6.07, 6.45) is 1.66. The van der Waals surface area contributed by atoms with Gasteiger partial charge in [0, 0.05) is 14.7 Å². The Morgan fingerprint density at radius 1 is 1.37 bits per heavy atom. The summed E-state index contributed by atoms with van der Waals surface area (Å²) in [5.41, 5.74) is 2.03. The lowest BCUT2D eigenvalue weighted by Crippen LogP contribution is -2.22. The third-order valence-electron chi connectivity index (χ3n) is 2.82. The number of nitrogens with zero attached hydrogens (tertiary/aromatic N) is 4. The van der Waals surface area contributed by atoms with Crippen molar-refractivity contribution in [3.05, 3.63) is 24.0 Å². The maximum absolute atomic E-state index is 8.79. The molecule has 0 N–H and O–H groups in total. The highest BCUT2D eigenvalue weighted by molar-refractivity contribution is 6.76. The molecule has 19 heavy (non-hydrogen) atoms. The van der Waals surface area contributed by atoms with Crippen LogP contribution >= 0.6 is 0 Å². The first-order chi connectivity index (χ1) is 8.99. The van der Waals surface area contributed by atoms with Gasteiger partial charge in [0.2, 0.25) is 0 Å². The lowest BCUT2D eigenvalue weighted by Gasteiger charge is -2.15. The predicted octanol–water partition coefficient (Wildman–Crippen LogP) is 2.62. The fraction of sp³-hybridized carbons (Fsp3) is 0.462. The van der Waals surface area contributed by atoms with E-state index >= 15 is 0 Å². The Balaban J connectivity index is 2.00. The highest BCUT2D eigenvalue weighted by atomic mass is 28.3. The first-order valence-corrected chi connectivity index (χ1v) is 10.0. The minimum atomic E-state index is -1.05. The van der Waals surface area contributed by atoms with Crippen molar-refractivity contribution in [2.75, 3.05) is 6.61 Å². The average molecular weight is 274 g/mol. The molecule has 2 aromatic rings. The lowest BCUT2D eigenvalue weighted by molar-refractivity contribution is 0.0817. The summed E-state index contributed by atoms with van der Waals surface area (Å²) < 4.78 is 7.43. The molecule has 100 valence electrons. The summed E-state index contributed by atoms with van der Waals surface area (Å²) in [5, 5.41) is 13.0. The van der Waals surface area contributed by atoms with E-state index in [0.717, 1.165) is 23.7 Å². The van der Waals surface area contributed by atoms with Gasteiger partial charge in [-0.3, -0.25) is 0 Å². The molecule has 6 heteroatoms. The van der Waals surface area contributed by atoms with Crippen LogP contribution in [0.3, 0.4) is 0 Å². The highest BCUT2D eigenvalue weighted by Gasteiger charge is 2.12. The second-order valence-electron chi connectivity index (χ2n) is 5.70. The summed E-state index contributed by atoms with van der Waals surface area (Å²) in [4.78, 5) is 4.19. The van der Waals surface area contributed by atoms with Crippen LogP contribution in [0.25, 0.3) is 11.0 Å². The average Bonchev–Trinajstić information content (AvgIpc) is 2.75. The molecule has 2 heterocycles. The van der Waals surface area contributed by atoms with Crippen LogP contribution in [0.1, 0.15) is 5.69 Å². The molecule has 0 fully saturated rings. The fourth-order valence-corrected chi connectivity index (χ4v) is 2.42. The molecule has 0 saturated heterocycles. The van der Waals surface area contributed by atoms with Crippen LogP contribution in [0.2, 0.25) is 25.7 Å². The van der Waals surface area contributed by atoms with Crippen molar-refractivity contribution in [3.8, 4) is 6.07 Å². The fourth-order valence-electron chi connectivity index (χ4n) is 1.66. The summed E-state index contributed by atoms with van der Waals surface area (Å²) in [6, 6.07) is 6.72. The molecule has 0 saturated carbocycles. The number of hydrogen-bond acceptors (Lipinski definition) is 4. The van der Waals surface area contributed by atoms with E-state index in [2.05, 4.69) is 29.7 Å². The van der Waals surface area contributed by atoms with Gasteiger partial charge >= 0.3 is 0 Å². The minimum Gasteiger partial charge on any atom is -0.360 e. The molecular weight excluding hydrogens is 256 g/mol. The molecule has 0 aromatic carbocycles. The van der Waals surface area contributed by atoms with Gasteiger partial charge in [-0.1, -0.05) is 19.6 Å². The smallest absolute Gasteiger partial charge is 0.141 e. The Bertz CT molecular complexity index is 609. The van der Waals surface area contributed by atoms with Crippen molar-refractivity contribution in [3.63, 3.8) is 0 Å². The van der Waals surface area contributed by atoms with E-state index < -0.39 is 8.07 Å². The van der Waals surface area contributed by atoms with Crippen LogP contribution in [-0.2, 0) is 11.5 Å². The predicted molar refractivity (Wildman–Crippen MR) is 76.3 cm³/mol. The van der Waals surface area contributed by atoms with E-state index in [1.165, 1.54) is 0 Å². The Kier molecular flexibility index (Phi) is 3.98. The van der Waals surface area contributed by atoms with Crippen molar-refractivity contribution >= 4 is 19.1 Å². The number of hydrogen-bond donors (Lipinski definition) is 0. The maximum atomic E-state index is 8.79. The molecule has 0 aliphatic carbocycles.